The minimum Gasteiger partial charge on any atom is -0.208 e. The minimum atomic E-state index is -1.03. The van der Waals surface area contributed by atoms with E-state index in [0.717, 1.165) is 62.3 Å². The normalized spacial score (nSPS) is 20.3. The molecule has 0 radical (unpaired) electrons. The smallest absolute Gasteiger partial charge is 0.165 e. The molecular weight excluding hydrogens is 381 g/mol. The molecule has 1 fully saturated rings. The SMILES string of the molecule is C=CCCC1CCC(C(F)=C(F)c2ccc3cc(CCCCC)ccc3c2F)CC1. The summed E-state index contributed by atoms with van der Waals surface area (Å²) in [5.74, 6) is -2.37. The Labute approximate surface area is 178 Å². The number of unbranched alkanes of at least 4 members (excludes halogenated alkanes) is 2. The quantitative estimate of drug-likeness (QED) is 0.283. The predicted molar refractivity (Wildman–Crippen MR) is 121 cm³/mol. The van der Waals surface area contributed by atoms with Crippen LogP contribution in [0.15, 0.2) is 48.8 Å². The zero-order valence-corrected chi connectivity index (χ0v) is 18.0. The molecule has 3 heteroatoms. The van der Waals surface area contributed by atoms with Gasteiger partial charge in [0.05, 0.1) is 0 Å². The average Bonchev–Trinajstić information content (AvgIpc) is 2.77. The molecule has 0 unspecified atom stereocenters. The van der Waals surface area contributed by atoms with Crippen LogP contribution in [0, 0.1) is 17.7 Å². The maximum atomic E-state index is 15.0. The van der Waals surface area contributed by atoms with Crippen molar-refractivity contribution in [2.45, 2.75) is 71.1 Å². The van der Waals surface area contributed by atoms with Crippen LogP contribution in [0.2, 0.25) is 0 Å². The van der Waals surface area contributed by atoms with Crippen molar-refractivity contribution >= 4 is 16.6 Å². The van der Waals surface area contributed by atoms with Crippen LogP contribution in [-0.4, -0.2) is 0 Å². The van der Waals surface area contributed by atoms with Gasteiger partial charge in [0.1, 0.15) is 11.6 Å². The Morgan fingerprint density at radius 1 is 1.07 bits per heavy atom. The molecular formula is C27H33F3. The Bertz CT molecular complexity index is 888. The number of hydrogen-bond donors (Lipinski definition) is 0. The topological polar surface area (TPSA) is 0 Å². The maximum absolute atomic E-state index is 15.0. The lowest BCUT2D eigenvalue weighted by atomic mass is 9.79. The summed E-state index contributed by atoms with van der Waals surface area (Å²) in [6, 6.07) is 8.65. The number of halogens is 3. The van der Waals surface area contributed by atoms with Gasteiger partial charge in [0, 0.05) is 16.9 Å². The summed E-state index contributed by atoms with van der Waals surface area (Å²) in [6.45, 7) is 5.90. The van der Waals surface area contributed by atoms with E-state index in [0.29, 0.717) is 24.1 Å². The van der Waals surface area contributed by atoms with E-state index >= 15 is 4.39 Å². The third-order valence-electron chi connectivity index (χ3n) is 6.52. The van der Waals surface area contributed by atoms with Crippen LogP contribution in [0.5, 0.6) is 0 Å². The Kier molecular flexibility index (Phi) is 8.18. The van der Waals surface area contributed by atoms with Crippen molar-refractivity contribution in [3.8, 4) is 0 Å². The molecule has 0 N–H and O–H groups in total. The number of hydrogen-bond acceptors (Lipinski definition) is 0. The minimum absolute atomic E-state index is 0.257. The van der Waals surface area contributed by atoms with Crippen molar-refractivity contribution in [3.63, 3.8) is 0 Å². The highest BCUT2D eigenvalue weighted by Gasteiger charge is 2.27. The van der Waals surface area contributed by atoms with Crippen LogP contribution in [0.3, 0.4) is 0 Å². The van der Waals surface area contributed by atoms with Gasteiger partial charge in [-0.3, -0.25) is 0 Å². The van der Waals surface area contributed by atoms with Crippen LogP contribution < -0.4 is 0 Å². The fourth-order valence-corrected chi connectivity index (χ4v) is 4.61. The van der Waals surface area contributed by atoms with Gasteiger partial charge in [-0.2, -0.15) is 0 Å². The largest absolute Gasteiger partial charge is 0.208 e. The van der Waals surface area contributed by atoms with Crippen molar-refractivity contribution < 1.29 is 13.2 Å². The average molecular weight is 415 g/mol. The van der Waals surface area contributed by atoms with Gasteiger partial charge in [0.2, 0.25) is 0 Å². The summed E-state index contributed by atoms with van der Waals surface area (Å²) in [5.41, 5.74) is 0.894. The van der Waals surface area contributed by atoms with Crippen LogP contribution >= 0.6 is 0 Å². The Morgan fingerprint density at radius 3 is 2.53 bits per heavy atom. The van der Waals surface area contributed by atoms with Gasteiger partial charge in [-0.05, 0) is 74.3 Å². The van der Waals surface area contributed by atoms with E-state index < -0.39 is 23.4 Å². The second kappa shape index (κ2) is 10.8. The molecule has 162 valence electrons. The molecule has 3 rings (SSSR count). The molecule has 0 atom stereocenters. The van der Waals surface area contributed by atoms with Crippen LogP contribution in [-0.2, 0) is 6.42 Å². The first-order valence-corrected chi connectivity index (χ1v) is 11.4. The third-order valence-corrected chi connectivity index (χ3v) is 6.52. The summed E-state index contributed by atoms with van der Waals surface area (Å²) < 4.78 is 44.9. The molecule has 0 bridgehead atoms. The Balaban J connectivity index is 1.77. The van der Waals surface area contributed by atoms with E-state index in [1.54, 1.807) is 12.1 Å². The Morgan fingerprint density at radius 2 is 1.83 bits per heavy atom. The second-order valence-corrected chi connectivity index (χ2v) is 8.69. The van der Waals surface area contributed by atoms with Crippen LogP contribution in [0.4, 0.5) is 13.2 Å². The summed E-state index contributed by atoms with van der Waals surface area (Å²) in [7, 11) is 0. The molecule has 0 aromatic heterocycles. The molecule has 1 aliphatic carbocycles. The summed E-state index contributed by atoms with van der Waals surface area (Å²) >= 11 is 0. The van der Waals surface area contributed by atoms with E-state index in [1.807, 2.05) is 18.2 Å². The van der Waals surface area contributed by atoms with E-state index in [9.17, 15) is 8.78 Å². The van der Waals surface area contributed by atoms with Gasteiger partial charge in [0.15, 0.2) is 5.83 Å². The molecule has 30 heavy (non-hydrogen) atoms. The molecule has 0 heterocycles. The molecule has 0 saturated heterocycles. The number of aryl methyl sites for hydroxylation is 1. The molecule has 0 nitrogen and oxygen atoms in total. The van der Waals surface area contributed by atoms with Crippen molar-refractivity contribution in [2.75, 3.05) is 0 Å². The maximum Gasteiger partial charge on any atom is 0.165 e. The second-order valence-electron chi connectivity index (χ2n) is 8.69. The summed E-state index contributed by atoms with van der Waals surface area (Å²) in [6.07, 6.45) is 11.3. The highest BCUT2D eigenvalue weighted by molar-refractivity contribution is 5.87. The van der Waals surface area contributed by atoms with Gasteiger partial charge in [-0.25, -0.2) is 13.2 Å². The zero-order valence-electron chi connectivity index (χ0n) is 18.0. The first-order valence-electron chi connectivity index (χ1n) is 11.4. The molecule has 0 aliphatic heterocycles. The van der Waals surface area contributed by atoms with Crippen molar-refractivity contribution in [2.24, 2.45) is 11.8 Å². The monoisotopic (exact) mass is 414 g/mol. The van der Waals surface area contributed by atoms with E-state index in [1.165, 1.54) is 6.07 Å². The van der Waals surface area contributed by atoms with Gasteiger partial charge in [-0.15, -0.1) is 6.58 Å². The number of rotatable bonds is 9. The highest BCUT2D eigenvalue weighted by Crippen LogP contribution is 2.40. The lowest BCUT2D eigenvalue weighted by Crippen LogP contribution is -2.15. The van der Waals surface area contributed by atoms with Gasteiger partial charge in [-0.1, -0.05) is 50.1 Å². The standard InChI is InChI=1S/C27H33F3/c1-3-5-7-9-20-12-16-23-22(18-20)15-17-24(26(23)29)27(30)25(28)21-13-10-19(11-14-21)8-6-4-2/h4,12,15-19,21H,2-3,5-11,13-14H2,1H3. The number of benzene rings is 2. The molecule has 0 amide bonds. The van der Waals surface area contributed by atoms with Crippen LogP contribution in [0.25, 0.3) is 16.6 Å². The molecule has 0 spiro atoms. The molecule has 1 saturated carbocycles. The van der Waals surface area contributed by atoms with Crippen LogP contribution in [0.1, 0.15) is 75.8 Å². The first kappa shape index (κ1) is 22.7. The van der Waals surface area contributed by atoms with Gasteiger partial charge in [0.25, 0.3) is 0 Å². The number of allylic oxidation sites excluding steroid dienone is 2. The fraction of sp³-hybridized carbons (Fsp3) is 0.481. The van der Waals surface area contributed by atoms with E-state index in [-0.39, 0.29) is 5.56 Å². The van der Waals surface area contributed by atoms with Gasteiger partial charge < -0.3 is 0 Å². The summed E-state index contributed by atoms with van der Waals surface area (Å²) in [5, 5.41) is 1.09. The van der Waals surface area contributed by atoms with Crippen molar-refractivity contribution in [3.05, 3.63) is 65.8 Å². The van der Waals surface area contributed by atoms with Gasteiger partial charge >= 0.3 is 0 Å². The Hall–Kier alpha value is -2.03. The third kappa shape index (κ3) is 5.36. The predicted octanol–water partition coefficient (Wildman–Crippen LogP) is 9.09. The lowest BCUT2D eigenvalue weighted by Gasteiger charge is -2.27. The summed E-state index contributed by atoms with van der Waals surface area (Å²) in [4.78, 5) is 0. The molecule has 2 aromatic carbocycles. The number of fused-ring (bicyclic) bond motifs is 1. The van der Waals surface area contributed by atoms with Crippen molar-refractivity contribution in [1.82, 2.24) is 0 Å². The molecule has 2 aromatic rings. The zero-order chi connectivity index (χ0) is 21.5. The highest BCUT2D eigenvalue weighted by atomic mass is 19.2. The molecule has 1 aliphatic rings. The lowest BCUT2D eigenvalue weighted by molar-refractivity contribution is 0.263. The van der Waals surface area contributed by atoms with Crippen molar-refractivity contribution in [1.29, 1.82) is 0 Å². The fourth-order valence-electron chi connectivity index (χ4n) is 4.61. The first-order chi connectivity index (χ1) is 14.5. The van der Waals surface area contributed by atoms with E-state index in [4.69, 9.17) is 0 Å². The van der Waals surface area contributed by atoms with E-state index in [2.05, 4.69) is 13.5 Å².